The Labute approximate surface area is 132 Å². The van der Waals surface area contributed by atoms with E-state index in [0.717, 1.165) is 38.4 Å². The molecular weight excluding hydrogens is 304 g/mol. The third-order valence-electron chi connectivity index (χ3n) is 3.61. The molecule has 2 aromatic heterocycles. The third kappa shape index (κ3) is 3.81. The highest BCUT2D eigenvalue weighted by atomic mass is 32.1. The Balaban J connectivity index is 1.47. The van der Waals surface area contributed by atoms with Crippen molar-refractivity contribution in [1.82, 2.24) is 14.8 Å². The van der Waals surface area contributed by atoms with Crippen molar-refractivity contribution in [1.29, 1.82) is 0 Å². The van der Waals surface area contributed by atoms with Crippen LogP contribution >= 0.6 is 22.7 Å². The second-order valence-corrected chi connectivity index (χ2v) is 6.81. The monoisotopic (exact) mass is 322 g/mol. The van der Waals surface area contributed by atoms with Crippen molar-refractivity contribution in [3.63, 3.8) is 0 Å². The Morgan fingerprint density at radius 1 is 1.29 bits per heavy atom. The zero-order valence-electron chi connectivity index (χ0n) is 11.7. The number of carbonyl (C=O) groups excluding carboxylic acids is 1. The summed E-state index contributed by atoms with van der Waals surface area (Å²) in [5.74, 6) is 0.149. The number of hydrogen-bond acceptors (Lipinski definition) is 6. The fourth-order valence-corrected chi connectivity index (χ4v) is 3.69. The first kappa shape index (κ1) is 14.5. The summed E-state index contributed by atoms with van der Waals surface area (Å²) in [6, 6.07) is 2.16. The number of thiophene rings is 1. The highest BCUT2D eigenvalue weighted by Crippen LogP contribution is 2.14. The van der Waals surface area contributed by atoms with E-state index in [1.807, 2.05) is 10.3 Å². The van der Waals surface area contributed by atoms with Gasteiger partial charge in [-0.1, -0.05) is 0 Å². The molecule has 112 valence electrons. The van der Waals surface area contributed by atoms with E-state index < -0.39 is 0 Å². The van der Waals surface area contributed by atoms with E-state index >= 15 is 0 Å². The first-order valence-electron chi connectivity index (χ1n) is 6.92. The van der Waals surface area contributed by atoms with E-state index in [9.17, 15) is 4.79 Å². The van der Waals surface area contributed by atoms with Crippen LogP contribution in [0.15, 0.2) is 22.2 Å². The van der Waals surface area contributed by atoms with E-state index in [4.69, 9.17) is 5.73 Å². The second-order valence-electron chi connectivity index (χ2n) is 5.14. The van der Waals surface area contributed by atoms with Crippen molar-refractivity contribution < 1.29 is 4.79 Å². The zero-order valence-corrected chi connectivity index (χ0v) is 13.3. The van der Waals surface area contributed by atoms with Gasteiger partial charge < -0.3 is 10.6 Å². The molecule has 1 aliphatic heterocycles. The number of rotatable bonds is 4. The summed E-state index contributed by atoms with van der Waals surface area (Å²) in [5, 5.41) is 6.68. The number of piperazine rings is 1. The molecule has 0 atom stereocenters. The summed E-state index contributed by atoms with van der Waals surface area (Å²) in [7, 11) is 0. The lowest BCUT2D eigenvalue weighted by atomic mass is 10.2. The van der Waals surface area contributed by atoms with Crippen molar-refractivity contribution >= 4 is 33.7 Å². The van der Waals surface area contributed by atoms with E-state index in [1.54, 1.807) is 11.3 Å². The molecule has 0 spiro atoms. The smallest absolute Gasteiger partial charge is 0.228 e. The van der Waals surface area contributed by atoms with E-state index in [-0.39, 0.29) is 5.91 Å². The number of anilines is 1. The Morgan fingerprint density at radius 3 is 2.71 bits per heavy atom. The van der Waals surface area contributed by atoms with E-state index in [2.05, 4.69) is 26.7 Å². The van der Waals surface area contributed by atoms with Gasteiger partial charge >= 0.3 is 0 Å². The van der Waals surface area contributed by atoms with Crippen LogP contribution < -0.4 is 5.73 Å². The minimum absolute atomic E-state index is 0.149. The SMILES string of the molecule is Nc1nc(CC(=O)N2CCN(Cc3ccsc3)CC2)cs1. The molecule has 0 saturated carbocycles. The molecule has 1 fully saturated rings. The van der Waals surface area contributed by atoms with Gasteiger partial charge in [0.1, 0.15) is 0 Å². The van der Waals surface area contributed by atoms with Crippen LogP contribution in [0.25, 0.3) is 0 Å². The van der Waals surface area contributed by atoms with Gasteiger partial charge in [0.2, 0.25) is 5.91 Å². The molecule has 0 aliphatic carbocycles. The van der Waals surface area contributed by atoms with Crippen molar-refractivity contribution in [3.05, 3.63) is 33.5 Å². The molecule has 3 heterocycles. The fourth-order valence-electron chi connectivity index (χ4n) is 2.47. The largest absolute Gasteiger partial charge is 0.375 e. The Bertz CT molecular complexity index is 588. The first-order valence-corrected chi connectivity index (χ1v) is 8.74. The number of nitrogens with two attached hydrogens (primary N) is 1. The molecule has 7 heteroatoms. The Hall–Kier alpha value is -1.44. The maximum absolute atomic E-state index is 12.2. The molecule has 5 nitrogen and oxygen atoms in total. The Kier molecular flexibility index (Phi) is 4.52. The molecule has 1 amide bonds. The van der Waals surface area contributed by atoms with Gasteiger partial charge in [0, 0.05) is 38.1 Å². The molecule has 0 radical (unpaired) electrons. The topological polar surface area (TPSA) is 62.5 Å². The van der Waals surface area contributed by atoms with Gasteiger partial charge in [-0.05, 0) is 22.4 Å². The van der Waals surface area contributed by atoms with Crippen LogP contribution in [0.4, 0.5) is 5.13 Å². The quantitative estimate of drug-likeness (QED) is 0.930. The molecule has 2 aromatic rings. The van der Waals surface area contributed by atoms with Crippen LogP contribution in [0.3, 0.4) is 0 Å². The van der Waals surface area contributed by atoms with E-state index in [1.165, 1.54) is 16.9 Å². The average Bonchev–Trinajstić information content (AvgIpc) is 3.12. The number of hydrogen-bond donors (Lipinski definition) is 1. The number of nitrogens with zero attached hydrogens (tertiary/aromatic N) is 3. The molecule has 0 unspecified atom stereocenters. The Morgan fingerprint density at radius 2 is 2.10 bits per heavy atom. The number of amides is 1. The highest BCUT2D eigenvalue weighted by molar-refractivity contribution is 7.13. The van der Waals surface area contributed by atoms with Gasteiger partial charge in [-0.3, -0.25) is 9.69 Å². The molecule has 0 aromatic carbocycles. The summed E-state index contributed by atoms with van der Waals surface area (Å²) >= 11 is 3.11. The molecule has 1 saturated heterocycles. The molecule has 0 bridgehead atoms. The molecular formula is C14H18N4OS2. The second kappa shape index (κ2) is 6.55. The highest BCUT2D eigenvalue weighted by Gasteiger charge is 2.21. The van der Waals surface area contributed by atoms with Crippen LogP contribution in [0.2, 0.25) is 0 Å². The van der Waals surface area contributed by atoms with Crippen LogP contribution in [0, 0.1) is 0 Å². The molecule has 1 aliphatic rings. The maximum Gasteiger partial charge on any atom is 0.228 e. The normalized spacial score (nSPS) is 16.3. The van der Waals surface area contributed by atoms with Crippen LogP contribution in [-0.2, 0) is 17.8 Å². The van der Waals surface area contributed by atoms with Gasteiger partial charge in [-0.15, -0.1) is 11.3 Å². The van der Waals surface area contributed by atoms with Crippen LogP contribution in [-0.4, -0.2) is 46.9 Å². The predicted octanol–water partition coefficient (Wildman–Crippen LogP) is 1.67. The minimum Gasteiger partial charge on any atom is -0.375 e. The standard InChI is InChI=1S/C14H18N4OS2/c15-14-16-12(10-21-14)7-13(19)18-4-2-17(3-5-18)8-11-1-6-20-9-11/h1,6,9-10H,2-5,7-8H2,(H2,15,16). The van der Waals surface area contributed by atoms with Gasteiger partial charge in [-0.2, -0.15) is 11.3 Å². The summed E-state index contributed by atoms with van der Waals surface area (Å²) in [6.45, 7) is 4.43. The summed E-state index contributed by atoms with van der Waals surface area (Å²) < 4.78 is 0. The van der Waals surface area contributed by atoms with Gasteiger partial charge in [0.05, 0.1) is 12.1 Å². The summed E-state index contributed by atoms with van der Waals surface area (Å²) in [4.78, 5) is 20.7. The van der Waals surface area contributed by atoms with Crippen LogP contribution in [0.5, 0.6) is 0 Å². The lowest BCUT2D eigenvalue weighted by molar-refractivity contribution is -0.132. The molecule has 21 heavy (non-hydrogen) atoms. The van der Waals surface area contributed by atoms with Gasteiger partial charge in [0.25, 0.3) is 0 Å². The summed E-state index contributed by atoms with van der Waals surface area (Å²) in [6.07, 6.45) is 0.359. The van der Waals surface area contributed by atoms with Crippen molar-refractivity contribution in [2.24, 2.45) is 0 Å². The lowest BCUT2D eigenvalue weighted by Gasteiger charge is -2.34. The van der Waals surface area contributed by atoms with Crippen LogP contribution in [0.1, 0.15) is 11.3 Å². The van der Waals surface area contributed by atoms with Gasteiger partial charge in [0.15, 0.2) is 5.13 Å². The van der Waals surface area contributed by atoms with Crippen molar-refractivity contribution in [2.45, 2.75) is 13.0 Å². The van der Waals surface area contributed by atoms with E-state index in [0.29, 0.717) is 11.6 Å². The maximum atomic E-state index is 12.2. The number of carbonyl (C=O) groups is 1. The summed E-state index contributed by atoms with van der Waals surface area (Å²) in [5.41, 5.74) is 7.73. The predicted molar refractivity (Wildman–Crippen MR) is 86.4 cm³/mol. The molecule has 3 rings (SSSR count). The number of aromatic nitrogens is 1. The van der Waals surface area contributed by atoms with Crippen molar-refractivity contribution in [2.75, 3.05) is 31.9 Å². The van der Waals surface area contributed by atoms with Crippen molar-refractivity contribution in [3.8, 4) is 0 Å². The first-order chi connectivity index (χ1) is 10.2. The molecule has 2 N–H and O–H groups in total. The number of nitrogen functional groups attached to an aromatic ring is 1. The van der Waals surface area contributed by atoms with Gasteiger partial charge in [-0.25, -0.2) is 4.98 Å². The third-order valence-corrected chi connectivity index (χ3v) is 5.07. The minimum atomic E-state index is 0.149. The zero-order chi connectivity index (χ0) is 14.7. The fraction of sp³-hybridized carbons (Fsp3) is 0.429. The average molecular weight is 322 g/mol. The lowest BCUT2D eigenvalue weighted by Crippen LogP contribution is -2.48. The number of thiazole rings is 1.